The average Bonchev–Trinajstić information content (AvgIpc) is 2.83. The molecule has 4 rings (SSSR count). The highest BCUT2D eigenvalue weighted by Crippen LogP contribution is 2.28. The third-order valence-electron chi connectivity index (χ3n) is 5.10. The molecule has 2 aromatic carbocycles. The Morgan fingerprint density at radius 1 is 1.03 bits per heavy atom. The number of hydrazine groups is 1. The van der Waals surface area contributed by atoms with Gasteiger partial charge in [0.2, 0.25) is 0 Å². The summed E-state index contributed by atoms with van der Waals surface area (Å²) in [6, 6.07) is 18.1. The highest BCUT2D eigenvalue weighted by atomic mass is 19.1. The van der Waals surface area contributed by atoms with Crippen LogP contribution < -0.4 is 21.9 Å². The molecule has 0 spiro atoms. The zero-order valence-corrected chi connectivity index (χ0v) is 17.7. The molecule has 0 atom stereocenters. The summed E-state index contributed by atoms with van der Waals surface area (Å²) in [5.74, 6) is 4.75. The van der Waals surface area contributed by atoms with Crippen LogP contribution in [0.25, 0.3) is 22.2 Å². The van der Waals surface area contributed by atoms with Crippen LogP contribution in [0, 0.1) is 5.82 Å². The van der Waals surface area contributed by atoms with E-state index in [-0.39, 0.29) is 18.7 Å². The standard InChI is InChI=1S/C24H23FN6O2/c25-18-13-17(4-6-21(18)28-11-9-23(32)33)20-7-8-22(31-26)24(30-20)29-14-15-3-5-19-16(12-15)2-1-10-27-19/h1-8,10,12-13,28,31H,9,11,14,26H2,(H,29,30)(H,32,33). The lowest BCUT2D eigenvalue weighted by Gasteiger charge is -2.14. The summed E-state index contributed by atoms with van der Waals surface area (Å²) in [6.07, 6.45) is 1.66. The van der Waals surface area contributed by atoms with E-state index in [0.717, 1.165) is 16.5 Å². The van der Waals surface area contributed by atoms with E-state index in [1.54, 1.807) is 30.5 Å². The van der Waals surface area contributed by atoms with Gasteiger partial charge in [-0.3, -0.25) is 15.6 Å². The molecule has 8 nitrogen and oxygen atoms in total. The van der Waals surface area contributed by atoms with Crippen molar-refractivity contribution in [2.24, 2.45) is 5.84 Å². The molecule has 0 saturated heterocycles. The minimum atomic E-state index is -0.947. The third-order valence-corrected chi connectivity index (χ3v) is 5.10. The summed E-state index contributed by atoms with van der Waals surface area (Å²) < 4.78 is 14.5. The Bertz CT molecular complexity index is 1300. The second kappa shape index (κ2) is 9.92. The van der Waals surface area contributed by atoms with Gasteiger partial charge in [-0.05, 0) is 48.0 Å². The van der Waals surface area contributed by atoms with Crippen LogP contribution in [0.3, 0.4) is 0 Å². The maximum Gasteiger partial charge on any atom is 0.305 e. The smallest absolute Gasteiger partial charge is 0.305 e. The molecule has 0 radical (unpaired) electrons. The predicted molar refractivity (Wildman–Crippen MR) is 127 cm³/mol. The molecular weight excluding hydrogens is 423 g/mol. The van der Waals surface area contributed by atoms with E-state index in [4.69, 9.17) is 10.9 Å². The van der Waals surface area contributed by atoms with Gasteiger partial charge in [0.15, 0.2) is 5.82 Å². The minimum absolute atomic E-state index is 0.0982. The van der Waals surface area contributed by atoms with Crippen molar-refractivity contribution in [1.29, 1.82) is 0 Å². The van der Waals surface area contributed by atoms with Gasteiger partial charge in [-0.15, -0.1) is 0 Å². The van der Waals surface area contributed by atoms with Gasteiger partial charge >= 0.3 is 5.97 Å². The molecule has 0 aliphatic heterocycles. The van der Waals surface area contributed by atoms with Crippen LogP contribution in [0.4, 0.5) is 21.6 Å². The van der Waals surface area contributed by atoms with Crippen molar-refractivity contribution in [2.45, 2.75) is 13.0 Å². The van der Waals surface area contributed by atoms with Crippen molar-refractivity contribution < 1.29 is 14.3 Å². The van der Waals surface area contributed by atoms with Gasteiger partial charge in [0.1, 0.15) is 5.82 Å². The molecule has 33 heavy (non-hydrogen) atoms. The SMILES string of the molecule is NNc1ccc(-c2ccc(NCCC(=O)O)c(F)c2)nc1NCc1ccc2ncccc2c1. The number of pyridine rings is 2. The van der Waals surface area contributed by atoms with Crippen LogP contribution in [0.5, 0.6) is 0 Å². The van der Waals surface area contributed by atoms with Crippen LogP contribution in [-0.2, 0) is 11.3 Å². The number of nitrogens with zero attached hydrogens (tertiary/aromatic N) is 2. The van der Waals surface area contributed by atoms with Gasteiger partial charge in [-0.1, -0.05) is 18.2 Å². The topological polar surface area (TPSA) is 125 Å². The van der Waals surface area contributed by atoms with E-state index in [0.29, 0.717) is 29.3 Å². The number of nitrogens with two attached hydrogens (primary N) is 1. The van der Waals surface area contributed by atoms with E-state index in [2.05, 4.69) is 32.1 Å². The molecule has 0 unspecified atom stereocenters. The van der Waals surface area contributed by atoms with E-state index < -0.39 is 11.8 Å². The first-order chi connectivity index (χ1) is 16.0. The number of halogens is 1. The molecule has 2 aromatic heterocycles. The number of carboxylic acids is 1. The fourth-order valence-electron chi connectivity index (χ4n) is 3.41. The summed E-state index contributed by atoms with van der Waals surface area (Å²) in [6.45, 7) is 0.649. The Labute approximate surface area is 189 Å². The molecule has 6 N–H and O–H groups in total. The number of carbonyl (C=O) groups is 1. The Balaban J connectivity index is 1.52. The number of benzene rings is 2. The summed E-state index contributed by atoms with van der Waals surface area (Å²) in [5.41, 5.74) is 6.59. The van der Waals surface area contributed by atoms with Gasteiger partial charge in [-0.2, -0.15) is 0 Å². The molecule has 0 bridgehead atoms. The number of hydrogen-bond acceptors (Lipinski definition) is 7. The zero-order chi connectivity index (χ0) is 23.2. The molecule has 0 saturated carbocycles. The minimum Gasteiger partial charge on any atom is -0.481 e. The van der Waals surface area contributed by atoms with Crippen LogP contribution >= 0.6 is 0 Å². The molecule has 0 fully saturated rings. The lowest BCUT2D eigenvalue weighted by Crippen LogP contribution is -2.12. The summed E-state index contributed by atoms with van der Waals surface area (Å²) in [7, 11) is 0. The van der Waals surface area contributed by atoms with Gasteiger partial charge in [-0.25, -0.2) is 9.37 Å². The summed E-state index contributed by atoms with van der Waals surface area (Å²) in [4.78, 5) is 19.6. The molecule has 2 heterocycles. The number of hydrogen-bond donors (Lipinski definition) is 5. The van der Waals surface area contributed by atoms with Crippen molar-refractivity contribution in [3.63, 3.8) is 0 Å². The number of carboxylic acid groups (broad SMARTS) is 1. The lowest BCUT2D eigenvalue weighted by molar-refractivity contribution is -0.136. The number of nitrogens with one attached hydrogen (secondary N) is 3. The number of anilines is 3. The number of aromatic nitrogens is 2. The van der Waals surface area contributed by atoms with Crippen molar-refractivity contribution in [2.75, 3.05) is 22.6 Å². The molecule has 0 amide bonds. The summed E-state index contributed by atoms with van der Waals surface area (Å²) >= 11 is 0. The molecule has 4 aromatic rings. The maximum atomic E-state index is 14.5. The van der Waals surface area contributed by atoms with Crippen LogP contribution in [0.2, 0.25) is 0 Å². The highest BCUT2D eigenvalue weighted by Gasteiger charge is 2.10. The molecule has 0 aliphatic carbocycles. The van der Waals surface area contributed by atoms with E-state index >= 15 is 0 Å². The molecule has 9 heteroatoms. The fourth-order valence-corrected chi connectivity index (χ4v) is 3.41. The number of rotatable bonds is 9. The third kappa shape index (κ3) is 5.34. The first-order valence-electron chi connectivity index (χ1n) is 10.3. The van der Waals surface area contributed by atoms with Crippen LogP contribution in [0.1, 0.15) is 12.0 Å². The van der Waals surface area contributed by atoms with Crippen molar-refractivity contribution in [3.05, 3.63) is 78.2 Å². The quantitative estimate of drug-likeness (QED) is 0.191. The second-order valence-electron chi connectivity index (χ2n) is 7.39. The predicted octanol–water partition coefficient (Wildman–Crippen LogP) is 4.22. The van der Waals surface area contributed by atoms with Crippen LogP contribution in [-0.4, -0.2) is 27.6 Å². The van der Waals surface area contributed by atoms with Crippen molar-refractivity contribution >= 4 is 34.1 Å². The average molecular weight is 446 g/mol. The first-order valence-corrected chi connectivity index (χ1v) is 10.3. The Kier molecular flexibility index (Phi) is 6.61. The normalized spacial score (nSPS) is 10.7. The van der Waals surface area contributed by atoms with E-state index in [9.17, 15) is 9.18 Å². The molecular formula is C24H23FN6O2. The maximum absolute atomic E-state index is 14.5. The van der Waals surface area contributed by atoms with Crippen molar-refractivity contribution in [1.82, 2.24) is 9.97 Å². The van der Waals surface area contributed by atoms with Crippen LogP contribution in [0.15, 0.2) is 66.9 Å². The Morgan fingerprint density at radius 2 is 1.88 bits per heavy atom. The Hall–Kier alpha value is -4.24. The first kappa shape index (κ1) is 22.0. The Morgan fingerprint density at radius 3 is 2.67 bits per heavy atom. The number of nitrogen functional groups attached to an aromatic ring is 1. The number of aliphatic carboxylic acids is 1. The van der Waals surface area contributed by atoms with E-state index in [1.165, 1.54) is 6.07 Å². The van der Waals surface area contributed by atoms with E-state index in [1.807, 2.05) is 24.3 Å². The number of fused-ring (bicyclic) bond motifs is 1. The molecule has 168 valence electrons. The fraction of sp³-hybridized carbons (Fsp3) is 0.125. The van der Waals surface area contributed by atoms with Gasteiger partial charge < -0.3 is 21.2 Å². The molecule has 0 aliphatic rings. The second-order valence-corrected chi connectivity index (χ2v) is 7.39. The largest absolute Gasteiger partial charge is 0.481 e. The van der Waals surface area contributed by atoms with Crippen molar-refractivity contribution in [3.8, 4) is 11.3 Å². The lowest BCUT2D eigenvalue weighted by atomic mass is 10.1. The monoisotopic (exact) mass is 446 g/mol. The van der Waals surface area contributed by atoms with Gasteiger partial charge in [0.05, 0.1) is 29.0 Å². The van der Waals surface area contributed by atoms with Gasteiger partial charge in [0.25, 0.3) is 0 Å². The highest BCUT2D eigenvalue weighted by molar-refractivity contribution is 5.79. The summed E-state index contributed by atoms with van der Waals surface area (Å²) in [5, 5.41) is 15.8. The zero-order valence-electron chi connectivity index (χ0n) is 17.7. The van der Waals surface area contributed by atoms with Gasteiger partial charge in [0, 0.05) is 30.2 Å².